The van der Waals surface area contributed by atoms with Crippen LogP contribution in [0.4, 0.5) is 11.6 Å². The van der Waals surface area contributed by atoms with Gasteiger partial charge in [-0.2, -0.15) is 0 Å². The van der Waals surface area contributed by atoms with E-state index in [0.29, 0.717) is 40.4 Å². The van der Waals surface area contributed by atoms with E-state index in [0.717, 1.165) is 5.56 Å². The molecule has 34 heavy (non-hydrogen) atoms. The molecule has 0 bridgehead atoms. The van der Waals surface area contributed by atoms with E-state index in [2.05, 4.69) is 16.5 Å². The molecule has 0 amide bonds. The van der Waals surface area contributed by atoms with Gasteiger partial charge in [0.1, 0.15) is 17.6 Å². The van der Waals surface area contributed by atoms with Gasteiger partial charge in [-0.15, -0.1) is 0 Å². The highest BCUT2D eigenvalue weighted by Gasteiger charge is 2.28. The molecule has 0 aliphatic heterocycles. The predicted octanol–water partition coefficient (Wildman–Crippen LogP) is 4.46. The molecule has 0 aliphatic carbocycles. The Balaban J connectivity index is 2.18. The fourth-order valence-electron chi connectivity index (χ4n) is 3.91. The van der Waals surface area contributed by atoms with Crippen LogP contribution in [0.3, 0.4) is 0 Å². The number of nitro benzene ring substituents is 1. The average molecular weight is 465 g/mol. The lowest BCUT2D eigenvalue weighted by Gasteiger charge is -2.21. The lowest BCUT2D eigenvalue weighted by molar-refractivity contribution is -0.384. The molecule has 3 rings (SSSR count). The number of hydrogen-bond donors (Lipinski definition) is 3. The van der Waals surface area contributed by atoms with Crippen LogP contribution in [0, 0.1) is 10.1 Å². The third-order valence-corrected chi connectivity index (χ3v) is 5.68. The van der Waals surface area contributed by atoms with Crippen LogP contribution in [0.25, 0.3) is 0 Å². The Labute approximate surface area is 197 Å². The topological polar surface area (TPSA) is 137 Å². The molecule has 0 saturated carbocycles. The lowest BCUT2D eigenvalue weighted by atomic mass is 9.86. The molecular formula is C25H28N4O5. The maximum Gasteiger partial charge on any atom is 0.269 e. The van der Waals surface area contributed by atoms with Crippen molar-refractivity contribution in [3.63, 3.8) is 0 Å². The summed E-state index contributed by atoms with van der Waals surface area (Å²) in [4.78, 5) is 18.4. The zero-order chi connectivity index (χ0) is 24.8. The number of aliphatic hydroxyl groups excluding tert-OH is 1. The number of benzene rings is 2. The van der Waals surface area contributed by atoms with Gasteiger partial charge in [-0.1, -0.05) is 30.9 Å². The quantitative estimate of drug-likeness (QED) is 0.229. The highest BCUT2D eigenvalue weighted by molar-refractivity contribution is 5.48. The zero-order valence-corrected chi connectivity index (χ0v) is 19.3. The van der Waals surface area contributed by atoms with Crippen LogP contribution in [0.1, 0.15) is 41.5 Å². The molecule has 1 heterocycles. The molecule has 9 nitrogen and oxygen atoms in total. The van der Waals surface area contributed by atoms with Gasteiger partial charge in [0, 0.05) is 23.6 Å². The molecule has 0 aliphatic rings. The van der Waals surface area contributed by atoms with Gasteiger partial charge in [0.25, 0.3) is 5.69 Å². The fourth-order valence-corrected chi connectivity index (χ4v) is 3.91. The summed E-state index contributed by atoms with van der Waals surface area (Å²) in [5, 5.41) is 22.4. The van der Waals surface area contributed by atoms with Crippen LogP contribution in [0.2, 0.25) is 0 Å². The number of nitro groups is 1. The SMILES string of the molecule is C=CC(=CC)C(O)c1[nH]c(N)nc1C(Cc1cc([N+](=O)[O-])ccc1OC)c1ccc(OC)cc1. The first-order valence-corrected chi connectivity index (χ1v) is 10.6. The number of aliphatic hydroxyl groups is 1. The van der Waals surface area contributed by atoms with E-state index in [4.69, 9.17) is 15.2 Å². The summed E-state index contributed by atoms with van der Waals surface area (Å²) in [5.41, 5.74) is 8.98. The Morgan fingerprint density at radius 2 is 1.97 bits per heavy atom. The molecule has 4 N–H and O–H groups in total. The number of nitrogen functional groups attached to an aromatic ring is 1. The number of aromatic amines is 1. The number of aromatic nitrogens is 2. The second-order valence-corrected chi connectivity index (χ2v) is 7.60. The number of nitrogens with two attached hydrogens (primary N) is 1. The Hall–Kier alpha value is -4.11. The number of rotatable bonds is 10. The highest BCUT2D eigenvalue weighted by Crippen LogP contribution is 2.38. The minimum Gasteiger partial charge on any atom is -0.497 e. The molecule has 2 aromatic carbocycles. The molecule has 1 aromatic heterocycles. The predicted molar refractivity (Wildman–Crippen MR) is 130 cm³/mol. The number of ether oxygens (including phenoxy) is 2. The minimum atomic E-state index is -1.03. The molecule has 0 fully saturated rings. The van der Waals surface area contributed by atoms with Crippen molar-refractivity contribution >= 4 is 11.6 Å². The summed E-state index contributed by atoms with van der Waals surface area (Å²) in [6, 6.07) is 11.9. The number of H-pyrrole nitrogens is 1. The average Bonchev–Trinajstić information content (AvgIpc) is 3.24. The summed E-state index contributed by atoms with van der Waals surface area (Å²) in [7, 11) is 3.09. The number of hydrogen-bond acceptors (Lipinski definition) is 7. The molecule has 178 valence electrons. The number of anilines is 1. The lowest BCUT2D eigenvalue weighted by Crippen LogP contribution is -2.12. The second kappa shape index (κ2) is 10.7. The van der Waals surface area contributed by atoms with Crippen molar-refractivity contribution < 1.29 is 19.5 Å². The first-order valence-electron chi connectivity index (χ1n) is 10.6. The molecule has 3 aromatic rings. The molecule has 0 radical (unpaired) electrons. The van der Waals surface area contributed by atoms with Crippen molar-refractivity contribution in [1.29, 1.82) is 0 Å². The standard InChI is InChI=1S/C25H28N4O5/c1-5-15(6-2)24(30)23-22(27-25(26)28-23)20(16-7-10-19(33-3)11-8-16)14-17-13-18(29(31)32)9-12-21(17)34-4/h5-13,20,24,30H,1,14H2,2-4H3,(H3,26,27,28). The molecule has 9 heteroatoms. The monoisotopic (exact) mass is 464 g/mol. The number of methoxy groups -OCH3 is 2. The van der Waals surface area contributed by atoms with Crippen molar-refractivity contribution in [2.75, 3.05) is 20.0 Å². The summed E-state index contributed by atoms with van der Waals surface area (Å²) < 4.78 is 10.8. The minimum absolute atomic E-state index is 0.0473. The van der Waals surface area contributed by atoms with Gasteiger partial charge in [0.15, 0.2) is 5.95 Å². The Morgan fingerprint density at radius 1 is 1.26 bits per heavy atom. The highest BCUT2D eigenvalue weighted by atomic mass is 16.6. The van der Waals surface area contributed by atoms with E-state index >= 15 is 0 Å². The molecule has 2 atom stereocenters. The normalized spacial score (nSPS) is 13.2. The van der Waals surface area contributed by atoms with E-state index in [1.165, 1.54) is 19.2 Å². The van der Waals surface area contributed by atoms with Crippen LogP contribution < -0.4 is 15.2 Å². The number of non-ortho nitro benzene ring substituents is 1. The summed E-state index contributed by atoms with van der Waals surface area (Å²) in [6.07, 6.45) is 2.59. The van der Waals surface area contributed by atoms with Gasteiger partial charge in [-0.05, 0) is 42.7 Å². The van der Waals surface area contributed by atoms with Crippen molar-refractivity contribution in [2.24, 2.45) is 0 Å². The number of allylic oxidation sites excluding steroid dienone is 1. The number of imidazole rings is 1. The third kappa shape index (κ3) is 5.10. The van der Waals surface area contributed by atoms with Crippen molar-refractivity contribution in [1.82, 2.24) is 9.97 Å². The van der Waals surface area contributed by atoms with Crippen LogP contribution in [0.5, 0.6) is 11.5 Å². The molecular weight excluding hydrogens is 436 g/mol. The Morgan fingerprint density at radius 3 is 2.53 bits per heavy atom. The van der Waals surface area contributed by atoms with E-state index in [1.807, 2.05) is 24.3 Å². The van der Waals surface area contributed by atoms with E-state index < -0.39 is 16.9 Å². The zero-order valence-electron chi connectivity index (χ0n) is 19.3. The van der Waals surface area contributed by atoms with Crippen LogP contribution in [-0.4, -0.2) is 34.2 Å². The summed E-state index contributed by atoms with van der Waals surface area (Å²) in [5.74, 6) is 0.922. The van der Waals surface area contributed by atoms with Gasteiger partial charge in [0.2, 0.25) is 0 Å². The summed E-state index contributed by atoms with van der Waals surface area (Å²) in [6.45, 7) is 5.57. The maximum absolute atomic E-state index is 11.4. The largest absolute Gasteiger partial charge is 0.497 e. The number of nitrogens with zero attached hydrogens (tertiary/aromatic N) is 2. The van der Waals surface area contributed by atoms with Gasteiger partial charge >= 0.3 is 0 Å². The van der Waals surface area contributed by atoms with Crippen LogP contribution in [-0.2, 0) is 6.42 Å². The van der Waals surface area contributed by atoms with Gasteiger partial charge in [0.05, 0.1) is 30.5 Å². The first kappa shape index (κ1) is 24.5. The summed E-state index contributed by atoms with van der Waals surface area (Å²) >= 11 is 0. The second-order valence-electron chi connectivity index (χ2n) is 7.60. The molecule has 0 spiro atoms. The maximum atomic E-state index is 11.4. The van der Waals surface area contributed by atoms with Crippen molar-refractivity contribution in [3.8, 4) is 11.5 Å². The van der Waals surface area contributed by atoms with Gasteiger partial charge in [-0.25, -0.2) is 4.98 Å². The van der Waals surface area contributed by atoms with E-state index in [9.17, 15) is 15.2 Å². The van der Waals surface area contributed by atoms with Gasteiger partial charge in [-0.3, -0.25) is 10.1 Å². The van der Waals surface area contributed by atoms with Crippen LogP contribution in [0.15, 0.2) is 66.8 Å². The van der Waals surface area contributed by atoms with Crippen LogP contribution >= 0.6 is 0 Å². The fraction of sp³-hybridized carbons (Fsp3) is 0.240. The Kier molecular flexibility index (Phi) is 7.70. The Bertz CT molecular complexity index is 1200. The third-order valence-electron chi connectivity index (χ3n) is 5.68. The van der Waals surface area contributed by atoms with Crippen molar-refractivity contribution in [2.45, 2.75) is 25.4 Å². The van der Waals surface area contributed by atoms with Crippen molar-refractivity contribution in [3.05, 3.63) is 99.4 Å². The first-order chi connectivity index (χ1) is 16.3. The van der Waals surface area contributed by atoms with E-state index in [-0.39, 0.29) is 11.6 Å². The number of nitrogens with one attached hydrogen (secondary N) is 1. The smallest absolute Gasteiger partial charge is 0.269 e. The van der Waals surface area contributed by atoms with E-state index in [1.54, 1.807) is 32.3 Å². The molecule has 2 unspecified atom stereocenters. The van der Waals surface area contributed by atoms with Gasteiger partial charge < -0.3 is 25.3 Å². The molecule has 0 saturated heterocycles.